The average molecular weight is 1670 g/mol. The van der Waals surface area contributed by atoms with E-state index < -0.39 is 0 Å². The molecule has 8 heteroatoms. The molecule has 0 atom stereocenters. The van der Waals surface area contributed by atoms with Gasteiger partial charge in [0.05, 0.1) is 88.9 Å². The molecule has 0 spiro atoms. The molecule has 0 aliphatic heterocycles. The Hall–Kier alpha value is -17.7. The molecule has 30 aromatic rings. The molecular weight excluding hydrogens is 1600 g/mol. The van der Waals surface area contributed by atoms with Crippen LogP contribution in [0, 0.1) is 0 Å². The fourth-order valence-corrected chi connectivity index (χ4v) is 23.4. The Labute approximate surface area is 754 Å². The van der Waals surface area contributed by atoms with Crippen LogP contribution in [-0.4, -0.2) is 38.2 Å². The van der Waals surface area contributed by atoms with Crippen LogP contribution in [0.1, 0.15) is 0 Å². The molecule has 30 rings (SSSR count). The van der Waals surface area contributed by atoms with E-state index in [4.69, 9.17) is 19.9 Å². The Morgan fingerprint density at radius 2 is 0.394 bits per heavy atom. The highest BCUT2D eigenvalue weighted by molar-refractivity contribution is 6.40. The minimum Gasteiger partial charge on any atom is -0.307 e. The van der Waals surface area contributed by atoms with Gasteiger partial charge < -0.3 is 18.3 Å². The Morgan fingerprint density at radius 3 is 0.689 bits per heavy atom. The van der Waals surface area contributed by atoms with Gasteiger partial charge in [-0.1, -0.05) is 328 Å². The monoisotopic (exact) mass is 1670 g/mol. The number of hydrogen-bond donors (Lipinski definition) is 0. The van der Waals surface area contributed by atoms with Gasteiger partial charge in [0, 0.05) is 78.6 Å². The van der Waals surface area contributed by atoms with Gasteiger partial charge in [-0.15, -0.1) is 0 Å². The molecule has 0 bridgehead atoms. The van der Waals surface area contributed by atoms with E-state index in [1.807, 2.05) is 24.8 Å². The van der Waals surface area contributed by atoms with E-state index in [0.717, 1.165) is 88.3 Å². The lowest BCUT2D eigenvalue weighted by atomic mass is 9.89. The molecular formula is C124H72N8. The van der Waals surface area contributed by atoms with Crippen LogP contribution in [0.4, 0.5) is 0 Å². The smallest absolute Gasteiger partial charge is 0.0969 e. The van der Waals surface area contributed by atoms with Crippen molar-refractivity contribution in [2.75, 3.05) is 0 Å². The molecule has 8 aromatic heterocycles. The van der Waals surface area contributed by atoms with Crippen molar-refractivity contribution >= 4 is 217 Å². The zero-order valence-electron chi connectivity index (χ0n) is 71.1. The third-order valence-corrected chi connectivity index (χ3v) is 28.6. The molecule has 0 N–H and O–H groups in total. The molecule has 132 heavy (non-hydrogen) atoms. The van der Waals surface area contributed by atoms with Crippen LogP contribution in [0.5, 0.6) is 0 Å². The van der Waals surface area contributed by atoms with Crippen LogP contribution >= 0.6 is 0 Å². The molecule has 0 radical (unpaired) electrons. The summed E-state index contributed by atoms with van der Waals surface area (Å²) in [6.07, 6.45) is 7.76. The fourth-order valence-electron chi connectivity index (χ4n) is 23.4. The molecule has 0 aliphatic rings. The molecule has 8 heterocycles. The first-order valence-corrected chi connectivity index (χ1v) is 45.3. The topological polar surface area (TPSA) is 71.3 Å². The summed E-state index contributed by atoms with van der Waals surface area (Å²) in [6.45, 7) is 0. The fraction of sp³-hybridized carbons (Fsp3) is 0. The first-order valence-electron chi connectivity index (χ1n) is 45.3. The Kier molecular flexibility index (Phi) is 15.3. The molecule has 0 fully saturated rings. The summed E-state index contributed by atoms with van der Waals surface area (Å²) in [5.41, 5.74) is 27.4. The second-order valence-corrected chi connectivity index (χ2v) is 35.2. The summed E-state index contributed by atoms with van der Waals surface area (Å²) < 4.78 is 9.87. The summed E-state index contributed by atoms with van der Waals surface area (Å²) >= 11 is 0. The third-order valence-electron chi connectivity index (χ3n) is 28.6. The van der Waals surface area contributed by atoms with Crippen molar-refractivity contribution in [2.45, 2.75) is 0 Å². The van der Waals surface area contributed by atoms with E-state index in [1.165, 1.54) is 196 Å². The predicted molar refractivity (Wildman–Crippen MR) is 556 cm³/mol. The van der Waals surface area contributed by atoms with Crippen LogP contribution in [0.25, 0.3) is 284 Å². The number of pyridine rings is 4. The van der Waals surface area contributed by atoms with Gasteiger partial charge in [-0.2, -0.15) is 0 Å². The maximum absolute atomic E-state index is 5.23. The maximum atomic E-state index is 5.23. The molecule has 0 saturated heterocycles. The van der Waals surface area contributed by atoms with Gasteiger partial charge in [0.2, 0.25) is 0 Å². The molecule has 0 aliphatic carbocycles. The van der Waals surface area contributed by atoms with Crippen LogP contribution in [0.3, 0.4) is 0 Å². The van der Waals surface area contributed by atoms with Crippen molar-refractivity contribution < 1.29 is 0 Å². The Morgan fingerprint density at radius 1 is 0.152 bits per heavy atom. The minimum absolute atomic E-state index is 0.997. The lowest BCUT2D eigenvalue weighted by Crippen LogP contribution is -1.99. The van der Waals surface area contributed by atoms with Crippen LogP contribution in [0.2, 0.25) is 0 Å². The van der Waals surface area contributed by atoms with Crippen molar-refractivity contribution in [3.63, 3.8) is 0 Å². The maximum Gasteiger partial charge on any atom is 0.0969 e. The van der Waals surface area contributed by atoms with E-state index in [0.29, 0.717) is 0 Å². The van der Waals surface area contributed by atoms with Gasteiger partial charge in [0.25, 0.3) is 0 Å². The van der Waals surface area contributed by atoms with E-state index in [1.54, 1.807) is 0 Å². The summed E-state index contributed by atoms with van der Waals surface area (Å²) in [6, 6.07) is 151. The zero-order valence-corrected chi connectivity index (χ0v) is 71.1. The molecule has 608 valence electrons. The van der Waals surface area contributed by atoms with Gasteiger partial charge in [-0.05, 0) is 226 Å². The van der Waals surface area contributed by atoms with Crippen molar-refractivity contribution in [2.24, 2.45) is 0 Å². The Bertz CT molecular complexity index is 9480. The first-order chi connectivity index (χ1) is 65.6. The quantitative estimate of drug-likeness (QED) is 0.112. The van der Waals surface area contributed by atoms with Crippen molar-refractivity contribution in [3.8, 4) is 67.3 Å². The highest BCUT2D eigenvalue weighted by Crippen LogP contribution is 2.54. The van der Waals surface area contributed by atoms with E-state index >= 15 is 0 Å². The largest absolute Gasteiger partial charge is 0.307 e. The van der Waals surface area contributed by atoms with Crippen molar-refractivity contribution in [1.29, 1.82) is 0 Å². The first kappa shape index (κ1) is 72.4. The predicted octanol–water partition coefficient (Wildman–Crippen LogP) is 32.7. The normalized spacial score (nSPS) is 12.2. The number of rotatable bonds is 8. The van der Waals surface area contributed by atoms with Crippen LogP contribution in [0.15, 0.2) is 437 Å². The lowest BCUT2D eigenvalue weighted by Gasteiger charge is -2.20. The van der Waals surface area contributed by atoms with Gasteiger partial charge >= 0.3 is 0 Å². The van der Waals surface area contributed by atoms with Crippen LogP contribution in [-0.2, 0) is 0 Å². The number of benzene rings is 22. The second-order valence-electron chi connectivity index (χ2n) is 35.2. The zero-order chi connectivity index (χ0) is 86.1. The van der Waals surface area contributed by atoms with Crippen LogP contribution < -0.4 is 0 Å². The van der Waals surface area contributed by atoms with Gasteiger partial charge in [-0.25, -0.2) is 0 Å². The molecule has 22 aromatic carbocycles. The van der Waals surface area contributed by atoms with Gasteiger partial charge in [-0.3, -0.25) is 19.9 Å². The van der Waals surface area contributed by atoms with Gasteiger partial charge in [0.15, 0.2) is 0 Å². The molecule has 0 unspecified atom stereocenters. The summed E-state index contributed by atoms with van der Waals surface area (Å²) in [4.78, 5) is 20.7. The molecule has 8 nitrogen and oxygen atoms in total. The van der Waals surface area contributed by atoms with E-state index in [2.05, 4.69) is 431 Å². The number of nitrogens with zero attached hydrogens (tertiary/aromatic N) is 8. The Balaban J connectivity index is 0.000000130. The summed E-state index contributed by atoms with van der Waals surface area (Å²) in [5, 5.41) is 33.9. The number of hydrogen-bond acceptors (Lipinski definition) is 4. The number of aromatic nitrogens is 8. The third kappa shape index (κ3) is 10.1. The highest BCUT2D eigenvalue weighted by atomic mass is 15.0. The van der Waals surface area contributed by atoms with E-state index in [9.17, 15) is 0 Å². The SMILES string of the molecule is c1ccc(-c2c3ccccc3c(-n3c4cccnc4c4c5ccc6cc7c(c8ccc(cc43)c5c68)c3ncccc3n7-c3c4ccccc4c(-c4ccccc4)c4ccccc34)c3ccccc23)cc1.c1ccc(-c2ccc(-n3c4cccnc4c4c5ccc6cc7c(c8ccc(cc43)c5c68)c3ncccc3n7-c3ccc(-c4ccccc4)c4ccccc34)c3ccccc23)cc1. The molecule has 0 amide bonds. The van der Waals surface area contributed by atoms with Crippen molar-refractivity contribution in [1.82, 2.24) is 38.2 Å². The average Bonchev–Trinajstić information content (AvgIpc) is 1.49. The molecule has 0 saturated carbocycles. The highest BCUT2D eigenvalue weighted by Gasteiger charge is 2.30. The van der Waals surface area contributed by atoms with Crippen molar-refractivity contribution in [3.05, 3.63) is 437 Å². The standard InChI is InChI=1S/C66H38N4.C58H34N4/c1-3-17-39(18-4-1)57-43-21-7-11-25-47(43)65(48-26-12-8-22-44(48)57)69-53-29-15-35-67-63(53)61-51-33-32-42-38-56-62(52-34-31-41(37-55(61)69)59(51)60(42)52)64-54(30-16-36-68-64)70(56)66-49-27-13-9-23-45(49)58(40-19-5-2-6-20-40)46-24-10-14-28-50(46)66;1-3-13-35(14-4-1)39-27-29-47(43-19-9-7-17-41(39)43)61-49-21-11-31-59-57(49)55-45-25-24-38-34-52-56(46-26-23-37(33-51(55)61)53(45)54(38)46)58-50(22-12-32-60-58)62(52)48-30-28-40(36-15-5-2-6-16-36)42-18-8-10-20-44(42)48/h1-38H;1-34H. The summed E-state index contributed by atoms with van der Waals surface area (Å²) in [5.74, 6) is 0. The van der Waals surface area contributed by atoms with E-state index in [-0.39, 0.29) is 0 Å². The lowest BCUT2D eigenvalue weighted by molar-refractivity contribution is 1.19. The minimum atomic E-state index is 0.997. The number of fused-ring (bicyclic) bond motifs is 22. The summed E-state index contributed by atoms with van der Waals surface area (Å²) in [7, 11) is 0. The van der Waals surface area contributed by atoms with Gasteiger partial charge in [0.1, 0.15) is 0 Å². The second kappa shape index (κ2) is 27.9.